The summed E-state index contributed by atoms with van der Waals surface area (Å²) >= 11 is 0. The van der Waals surface area contributed by atoms with Gasteiger partial charge >= 0.3 is 0 Å². The number of benzene rings is 2. The molecule has 0 spiro atoms. The highest BCUT2D eigenvalue weighted by Crippen LogP contribution is 2.28. The summed E-state index contributed by atoms with van der Waals surface area (Å²) in [6, 6.07) is 15.4. The topological polar surface area (TPSA) is 38.4 Å². The normalized spacial score (nSPS) is 14.0. The Hall–Kier alpha value is -2.16. The molecule has 0 aromatic heterocycles. The fourth-order valence-electron chi connectivity index (χ4n) is 2.15. The van der Waals surface area contributed by atoms with E-state index in [9.17, 15) is 5.21 Å². The van der Waals surface area contributed by atoms with E-state index in [0.29, 0.717) is 5.69 Å². The van der Waals surface area contributed by atoms with Crippen LogP contribution >= 0.6 is 0 Å². The third-order valence-electron chi connectivity index (χ3n) is 3.05. The van der Waals surface area contributed by atoms with Gasteiger partial charge in [-0.25, -0.2) is 0 Å². The molecule has 84 valence electrons. The zero-order valence-electron chi connectivity index (χ0n) is 9.34. The van der Waals surface area contributed by atoms with Crippen LogP contribution < -0.4 is 0 Å². The van der Waals surface area contributed by atoms with Crippen molar-refractivity contribution in [2.24, 2.45) is 5.11 Å². The minimum atomic E-state index is 0.655. The van der Waals surface area contributed by atoms with Crippen molar-refractivity contribution < 1.29 is 4.86 Å². The van der Waals surface area contributed by atoms with Gasteiger partial charge in [-0.2, -0.15) is 0 Å². The number of azo groups is 1. The van der Waals surface area contributed by atoms with Crippen LogP contribution in [0.25, 0.3) is 0 Å². The van der Waals surface area contributed by atoms with Crippen LogP contribution in [0.5, 0.6) is 0 Å². The maximum atomic E-state index is 12.0. The van der Waals surface area contributed by atoms with E-state index < -0.39 is 0 Å². The molecule has 0 saturated carbocycles. The number of nitrogens with zero attached hydrogens (tertiary/aromatic N) is 2. The molecule has 0 radical (unpaired) electrons. The first-order valence-electron chi connectivity index (χ1n) is 5.69. The Bertz CT molecular complexity index is 590. The molecular weight excluding hydrogens is 212 g/mol. The molecule has 0 fully saturated rings. The first-order valence-corrected chi connectivity index (χ1v) is 5.69. The van der Waals surface area contributed by atoms with Gasteiger partial charge in [-0.05, 0) is 29.3 Å². The van der Waals surface area contributed by atoms with Crippen LogP contribution in [0.2, 0.25) is 0 Å². The quantitative estimate of drug-likeness (QED) is 0.496. The number of para-hydroxylation sites is 1. The molecule has 2 aromatic carbocycles. The van der Waals surface area contributed by atoms with Gasteiger partial charge in [-0.3, -0.25) is 0 Å². The number of aryl methyl sites for hydroxylation is 2. The summed E-state index contributed by atoms with van der Waals surface area (Å²) < 4.78 is 0. The van der Waals surface area contributed by atoms with E-state index in [1.807, 2.05) is 48.5 Å². The molecule has 0 saturated heterocycles. The van der Waals surface area contributed by atoms with Crippen LogP contribution in [0.4, 0.5) is 11.4 Å². The van der Waals surface area contributed by atoms with Crippen molar-refractivity contribution in [1.29, 1.82) is 0 Å². The van der Waals surface area contributed by atoms with E-state index in [1.165, 1.54) is 0 Å². The second kappa shape index (κ2) is 4.01. The zero-order chi connectivity index (χ0) is 11.7. The van der Waals surface area contributed by atoms with Gasteiger partial charge in [0.15, 0.2) is 0 Å². The van der Waals surface area contributed by atoms with Crippen LogP contribution in [0.3, 0.4) is 0 Å². The Balaban J connectivity index is 2.18. The van der Waals surface area contributed by atoms with Gasteiger partial charge in [0, 0.05) is 16.7 Å². The van der Waals surface area contributed by atoms with Crippen molar-refractivity contribution in [2.75, 3.05) is 0 Å². The number of hydrogen-bond donors (Lipinski definition) is 0. The number of hydrogen-bond acceptors (Lipinski definition) is 2. The van der Waals surface area contributed by atoms with Gasteiger partial charge in [0.1, 0.15) is 5.69 Å². The molecule has 0 atom stereocenters. The first-order chi connectivity index (χ1) is 8.34. The number of fused-ring (bicyclic) bond motifs is 2. The lowest BCUT2D eigenvalue weighted by Crippen LogP contribution is -2.02. The lowest BCUT2D eigenvalue weighted by molar-refractivity contribution is -0.436. The minimum absolute atomic E-state index is 0.655. The first kappa shape index (κ1) is 10.0. The summed E-state index contributed by atoms with van der Waals surface area (Å²) in [6.07, 6.45) is 1.80. The van der Waals surface area contributed by atoms with Crippen molar-refractivity contribution in [3.8, 4) is 0 Å². The second-order valence-corrected chi connectivity index (χ2v) is 4.13. The standard InChI is InChI=1S/C14H12N2O/c17-16-14-8-4-2-6-12(14)10-9-11-5-1-3-7-13(11)15-16/h1-8H,9-10H2. The van der Waals surface area contributed by atoms with Crippen molar-refractivity contribution in [2.45, 2.75) is 12.8 Å². The summed E-state index contributed by atoms with van der Waals surface area (Å²) in [5.41, 5.74) is 3.61. The molecule has 0 unspecified atom stereocenters. The number of rotatable bonds is 0. The molecule has 1 aliphatic rings. The summed E-state index contributed by atoms with van der Waals surface area (Å²) in [7, 11) is 0. The van der Waals surface area contributed by atoms with E-state index in [4.69, 9.17) is 0 Å². The van der Waals surface area contributed by atoms with E-state index in [2.05, 4.69) is 5.11 Å². The second-order valence-electron chi connectivity index (χ2n) is 4.13. The van der Waals surface area contributed by atoms with Crippen molar-refractivity contribution in [1.82, 2.24) is 0 Å². The summed E-state index contributed by atoms with van der Waals surface area (Å²) in [6.45, 7) is 0. The lowest BCUT2D eigenvalue weighted by atomic mass is 10.0. The van der Waals surface area contributed by atoms with Gasteiger partial charge in [-0.15, -0.1) is 0 Å². The van der Waals surface area contributed by atoms with Crippen LogP contribution in [-0.2, 0) is 12.8 Å². The molecule has 1 aliphatic heterocycles. The van der Waals surface area contributed by atoms with E-state index >= 15 is 0 Å². The van der Waals surface area contributed by atoms with Crippen LogP contribution in [0, 0.1) is 5.21 Å². The van der Waals surface area contributed by atoms with Crippen LogP contribution in [0.15, 0.2) is 53.6 Å². The average Bonchev–Trinajstić information content (AvgIpc) is 2.36. The maximum Gasteiger partial charge on any atom is 0.248 e. The molecular formula is C14H12N2O. The molecule has 2 aromatic rings. The Labute approximate surface area is 99.6 Å². The predicted octanol–water partition coefficient (Wildman–Crippen LogP) is 3.71. The molecule has 3 nitrogen and oxygen atoms in total. The molecule has 3 heteroatoms. The molecule has 17 heavy (non-hydrogen) atoms. The Kier molecular flexibility index (Phi) is 2.37. The fraction of sp³-hybridized carbons (Fsp3) is 0.143. The van der Waals surface area contributed by atoms with Gasteiger partial charge in [0.25, 0.3) is 0 Å². The van der Waals surface area contributed by atoms with Crippen LogP contribution in [0.1, 0.15) is 11.1 Å². The smallest absolute Gasteiger partial charge is 0.248 e. The molecule has 3 rings (SSSR count). The zero-order valence-corrected chi connectivity index (χ0v) is 9.34. The van der Waals surface area contributed by atoms with Gasteiger partial charge in [0.05, 0.1) is 0 Å². The van der Waals surface area contributed by atoms with Crippen molar-refractivity contribution >= 4 is 11.4 Å². The minimum Gasteiger partial charge on any atom is -0.594 e. The highest BCUT2D eigenvalue weighted by atomic mass is 16.5. The highest BCUT2D eigenvalue weighted by molar-refractivity contribution is 5.48. The summed E-state index contributed by atoms with van der Waals surface area (Å²) in [5.74, 6) is 0. The Morgan fingerprint density at radius 3 is 2.41 bits per heavy atom. The van der Waals surface area contributed by atoms with Gasteiger partial charge < -0.3 is 5.21 Å². The summed E-state index contributed by atoms with van der Waals surface area (Å²) in [5, 5.41) is 16.1. The summed E-state index contributed by atoms with van der Waals surface area (Å²) in [4.78, 5) is 0.729. The maximum absolute atomic E-state index is 12.0. The highest BCUT2D eigenvalue weighted by Gasteiger charge is 2.16. The predicted molar refractivity (Wildman–Crippen MR) is 65.7 cm³/mol. The van der Waals surface area contributed by atoms with Crippen molar-refractivity contribution in [3.63, 3.8) is 0 Å². The van der Waals surface area contributed by atoms with Crippen LogP contribution in [-0.4, -0.2) is 4.86 Å². The van der Waals surface area contributed by atoms with E-state index in [1.54, 1.807) is 0 Å². The van der Waals surface area contributed by atoms with Crippen molar-refractivity contribution in [3.05, 3.63) is 64.9 Å². The largest absolute Gasteiger partial charge is 0.594 e. The third kappa shape index (κ3) is 1.80. The molecule has 0 N–H and O–H groups in total. The van der Waals surface area contributed by atoms with Gasteiger partial charge in [0.2, 0.25) is 5.69 Å². The van der Waals surface area contributed by atoms with E-state index in [-0.39, 0.29) is 0 Å². The third-order valence-corrected chi connectivity index (χ3v) is 3.05. The fourth-order valence-corrected chi connectivity index (χ4v) is 2.15. The average molecular weight is 224 g/mol. The van der Waals surface area contributed by atoms with E-state index in [0.717, 1.165) is 34.5 Å². The monoisotopic (exact) mass is 224 g/mol. The molecule has 0 bridgehead atoms. The lowest BCUT2D eigenvalue weighted by Gasteiger charge is -2.11. The molecule has 0 aliphatic carbocycles. The molecule has 0 amide bonds. The Morgan fingerprint density at radius 2 is 1.53 bits per heavy atom. The SMILES string of the molecule is [O-][N+]1=Nc2ccccc2CCc2ccccc21. The molecule has 1 heterocycles. The Morgan fingerprint density at radius 1 is 0.882 bits per heavy atom. The van der Waals surface area contributed by atoms with Gasteiger partial charge in [-0.1, -0.05) is 36.4 Å².